The maximum atomic E-state index is 12.3. The van der Waals surface area contributed by atoms with Crippen molar-refractivity contribution in [3.8, 4) is 6.07 Å². The summed E-state index contributed by atoms with van der Waals surface area (Å²) >= 11 is 2.94. The first-order chi connectivity index (χ1) is 11.3. The highest BCUT2D eigenvalue weighted by molar-refractivity contribution is 8.00. The molecule has 8 heteroatoms. The lowest BCUT2D eigenvalue weighted by Gasteiger charge is -2.28. The van der Waals surface area contributed by atoms with Gasteiger partial charge in [-0.25, -0.2) is 4.98 Å². The van der Waals surface area contributed by atoms with Crippen molar-refractivity contribution in [3.05, 3.63) is 28.2 Å². The summed E-state index contributed by atoms with van der Waals surface area (Å²) < 4.78 is 0. The second kappa shape index (κ2) is 7.81. The van der Waals surface area contributed by atoms with E-state index < -0.39 is 5.54 Å². The van der Waals surface area contributed by atoms with E-state index in [9.17, 15) is 10.1 Å². The van der Waals surface area contributed by atoms with Crippen LogP contribution >= 0.6 is 23.1 Å². The normalized spacial score (nSPS) is 14.8. The number of amides is 1. The maximum Gasteiger partial charge on any atom is 0.234 e. The zero-order chi connectivity index (χ0) is 17.7. The van der Waals surface area contributed by atoms with Crippen molar-refractivity contribution in [1.29, 1.82) is 5.26 Å². The average molecular weight is 364 g/mol. The highest BCUT2D eigenvalue weighted by Crippen LogP contribution is 2.22. The number of H-pyrrole nitrogens is 1. The Morgan fingerprint density at radius 1 is 1.54 bits per heavy atom. The molecule has 2 aromatic rings. The number of nitriles is 1. The fraction of sp³-hybridized carbons (Fsp3) is 0.500. The first kappa shape index (κ1) is 18.5. The van der Waals surface area contributed by atoms with Gasteiger partial charge < -0.3 is 5.32 Å². The molecule has 24 heavy (non-hydrogen) atoms. The SMILES string of the molecule is CC(Sc1n[nH]c(Cc2cccs2)n1)C(=O)NC(C)(C#N)C(C)C. The number of carbonyl (C=O) groups excluding carboxylic acids is 1. The Balaban J connectivity index is 1.94. The molecule has 0 saturated carbocycles. The molecule has 2 heterocycles. The average Bonchev–Trinajstić information content (AvgIpc) is 3.19. The van der Waals surface area contributed by atoms with Crippen molar-refractivity contribution in [3.63, 3.8) is 0 Å². The number of thioether (sulfide) groups is 1. The van der Waals surface area contributed by atoms with Crippen LogP contribution in [0.4, 0.5) is 0 Å². The number of aromatic nitrogens is 3. The van der Waals surface area contributed by atoms with Gasteiger partial charge in [-0.3, -0.25) is 9.89 Å². The van der Waals surface area contributed by atoms with Crippen molar-refractivity contribution in [1.82, 2.24) is 20.5 Å². The van der Waals surface area contributed by atoms with Gasteiger partial charge in [0, 0.05) is 11.3 Å². The van der Waals surface area contributed by atoms with Crippen molar-refractivity contribution < 1.29 is 4.79 Å². The Morgan fingerprint density at radius 3 is 2.88 bits per heavy atom. The van der Waals surface area contributed by atoms with E-state index in [0.29, 0.717) is 11.6 Å². The zero-order valence-corrected chi connectivity index (χ0v) is 15.8. The van der Waals surface area contributed by atoms with E-state index in [1.807, 2.05) is 31.4 Å². The first-order valence-corrected chi connectivity index (χ1v) is 9.43. The molecule has 2 N–H and O–H groups in total. The van der Waals surface area contributed by atoms with Gasteiger partial charge in [0.1, 0.15) is 11.4 Å². The lowest BCUT2D eigenvalue weighted by molar-refractivity contribution is -0.121. The van der Waals surface area contributed by atoms with Gasteiger partial charge in [0.15, 0.2) is 0 Å². The topological polar surface area (TPSA) is 94.5 Å². The summed E-state index contributed by atoms with van der Waals surface area (Å²) in [6.07, 6.45) is 0.700. The van der Waals surface area contributed by atoms with Gasteiger partial charge in [-0.15, -0.1) is 16.4 Å². The van der Waals surface area contributed by atoms with Gasteiger partial charge in [0.05, 0.1) is 11.3 Å². The number of hydrogen-bond acceptors (Lipinski definition) is 6. The highest BCUT2D eigenvalue weighted by Gasteiger charge is 2.32. The van der Waals surface area contributed by atoms with Crippen molar-refractivity contribution in [2.45, 2.75) is 50.1 Å². The number of carbonyl (C=O) groups is 1. The number of hydrogen-bond donors (Lipinski definition) is 2. The molecule has 0 aromatic carbocycles. The van der Waals surface area contributed by atoms with Gasteiger partial charge in [-0.2, -0.15) is 5.26 Å². The Hall–Kier alpha value is -1.85. The molecule has 0 aliphatic heterocycles. The molecule has 0 bridgehead atoms. The molecule has 2 rings (SSSR count). The largest absolute Gasteiger partial charge is 0.337 e. The summed E-state index contributed by atoms with van der Waals surface area (Å²) in [6, 6.07) is 6.22. The van der Waals surface area contributed by atoms with Crippen LogP contribution in [0.1, 0.15) is 38.4 Å². The number of aromatic amines is 1. The van der Waals surface area contributed by atoms with Crippen molar-refractivity contribution in [2.24, 2.45) is 5.92 Å². The zero-order valence-electron chi connectivity index (χ0n) is 14.2. The molecule has 0 fully saturated rings. The Kier molecular flexibility index (Phi) is 6.02. The van der Waals surface area contributed by atoms with Crippen LogP contribution < -0.4 is 5.32 Å². The van der Waals surface area contributed by atoms with E-state index in [0.717, 1.165) is 5.82 Å². The third-order valence-corrected chi connectivity index (χ3v) is 5.69. The van der Waals surface area contributed by atoms with Crippen LogP contribution in [0.15, 0.2) is 22.7 Å². The van der Waals surface area contributed by atoms with Crippen LogP contribution in [0, 0.1) is 17.2 Å². The first-order valence-electron chi connectivity index (χ1n) is 7.67. The molecule has 2 atom stereocenters. The van der Waals surface area contributed by atoms with Crippen LogP contribution in [-0.4, -0.2) is 31.9 Å². The third kappa shape index (κ3) is 4.58. The smallest absolute Gasteiger partial charge is 0.234 e. The standard InChI is InChI=1S/C16H21N5OS2/c1-10(2)16(4,9-17)19-14(22)11(3)24-15-18-13(20-21-15)8-12-6-5-7-23-12/h5-7,10-11H,8H2,1-4H3,(H,19,22)(H,18,20,21). The second-order valence-corrected chi connectivity index (χ2v) is 8.38. The summed E-state index contributed by atoms with van der Waals surface area (Å²) in [7, 11) is 0. The molecule has 1 amide bonds. The molecule has 0 radical (unpaired) electrons. The fourth-order valence-corrected chi connectivity index (χ4v) is 3.31. The van der Waals surface area contributed by atoms with E-state index in [1.54, 1.807) is 25.2 Å². The predicted octanol–water partition coefficient (Wildman–Crippen LogP) is 2.99. The maximum absolute atomic E-state index is 12.3. The van der Waals surface area contributed by atoms with Crippen LogP contribution in [0.25, 0.3) is 0 Å². The molecule has 6 nitrogen and oxygen atoms in total. The number of rotatable bonds is 7. The molecule has 2 aromatic heterocycles. The Bertz CT molecular complexity index is 719. The minimum atomic E-state index is -0.880. The molecule has 0 saturated heterocycles. The minimum Gasteiger partial charge on any atom is -0.337 e. The van der Waals surface area contributed by atoms with Gasteiger partial charge in [0.2, 0.25) is 11.1 Å². The second-order valence-electron chi connectivity index (χ2n) is 6.04. The molecular formula is C16H21N5OS2. The molecule has 2 unspecified atom stereocenters. The van der Waals surface area contributed by atoms with Crippen molar-refractivity contribution >= 4 is 29.0 Å². The molecule has 0 aliphatic carbocycles. The van der Waals surface area contributed by atoms with Gasteiger partial charge in [-0.05, 0) is 31.2 Å². The van der Waals surface area contributed by atoms with E-state index in [1.165, 1.54) is 16.6 Å². The van der Waals surface area contributed by atoms with E-state index >= 15 is 0 Å². The highest BCUT2D eigenvalue weighted by atomic mass is 32.2. The van der Waals surface area contributed by atoms with Crippen LogP contribution in [0.3, 0.4) is 0 Å². The summed E-state index contributed by atoms with van der Waals surface area (Å²) in [5.41, 5.74) is -0.880. The number of thiophene rings is 1. The number of nitrogens with zero attached hydrogens (tertiary/aromatic N) is 3. The van der Waals surface area contributed by atoms with Gasteiger partial charge >= 0.3 is 0 Å². The van der Waals surface area contributed by atoms with Crippen LogP contribution in [0.5, 0.6) is 0 Å². The quantitative estimate of drug-likeness (QED) is 0.738. The molecule has 0 aliphatic rings. The lowest BCUT2D eigenvalue weighted by Crippen LogP contribution is -2.51. The Morgan fingerprint density at radius 2 is 2.29 bits per heavy atom. The fourth-order valence-electron chi connectivity index (χ4n) is 1.86. The molecule has 128 valence electrons. The predicted molar refractivity (Wildman–Crippen MR) is 95.8 cm³/mol. The summed E-state index contributed by atoms with van der Waals surface area (Å²) in [5, 5.41) is 21.4. The Labute approximate surface area is 150 Å². The number of nitrogens with one attached hydrogen (secondary N) is 2. The molecular weight excluding hydrogens is 342 g/mol. The summed E-state index contributed by atoms with van der Waals surface area (Å²) in [4.78, 5) is 18.0. The van der Waals surface area contributed by atoms with Crippen molar-refractivity contribution in [2.75, 3.05) is 0 Å². The van der Waals surface area contributed by atoms with Crippen LogP contribution in [0.2, 0.25) is 0 Å². The van der Waals surface area contributed by atoms with Gasteiger partial charge in [-0.1, -0.05) is 31.7 Å². The summed E-state index contributed by atoms with van der Waals surface area (Å²) in [5.74, 6) is 0.600. The minimum absolute atomic E-state index is 0.0181. The monoisotopic (exact) mass is 363 g/mol. The van der Waals surface area contributed by atoms with Crippen LogP contribution in [-0.2, 0) is 11.2 Å². The van der Waals surface area contributed by atoms with E-state index in [2.05, 4.69) is 26.6 Å². The molecule has 0 spiro atoms. The lowest BCUT2D eigenvalue weighted by atomic mass is 9.90. The van der Waals surface area contributed by atoms with E-state index in [4.69, 9.17) is 0 Å². The third-order valence-electron chi connectivity index (χ3n) is 3.85. The van der Waals surface area contributed by atoms with E-state index in [-0.39, 0.29) is 17.1 Å². The summed E-state index contributed by atoms with van der Waals surface area (Å²) in [6.45, 7) is 7.34. The van der Waals surface area contributed by atoms with Gasteiger partial charge in [0.25, 0.3) is 0 Å².